The number of nitrogens with one attached hydrogen (secondary N) is 3. The molecular weight excluding hydrogens is 454 g/mol. The summed E-state index contributed by atoms with van der Waals surface area (Å²) in [5.41, 5.74) is 7.84. The van der Waals surface area contributed by atoms with Crippen molar-refractivity contribution in [2.75, 3.05) is 12.4 Å². The lowest BCUT2D eigenvalue weighted by Crippen LogP contribution is -1.99. The second-order valence-corrected chi connectivity index (χ2v) is 8.81. The van der Waals surface area contributed by atoms with Crippen molar-refractivity contribution in [1.82, 2.24) is 19.9 Å². The molecule has 0 atom stereocenters. The zero-order valence-corrected chi connectivity index (χ0v) is 20.3. The maximum atomic E-state index is 10.9. The molecule has 0 aliphatic rings. The first-order valence-electron chi connectivity index (χ1n) is 11.7. The number of fused-ring (bicyclic) bond motifs is 1. The molecule has 5 aromatic rings. The number of aliphatic carboxylic acids is 1. The Bertz CT molecular complexity index is 1530. The Morgan fingerprint density at radius 2 is 1.75 bits per heavy atom. The number of carboxylic acid groups (broad SMARTS) is 1. The number of ether oxygens (including phenoxy) is 1. The van der Waals surface area contributed by atoms with Crippen LogP contribution in [0.15, 0.2) is 60.8 Å². The maximum Gasteiger partial charge on any atom is 0.303 e. The summed E-state index contributed by atoms with van der Waals surface area (Å²) in [5, 5.41) is 12.3. The summed E-state index contributed by atoms with van der Waals surface area (Å²) in [6.45, 7) is 4.07. The number of rotatable bonds is 8. The first-order chi connectivity index (χ1) is 17.4. The van der Waals surface area contributed by atoms with Gasteiger partial charge in [-0.15, -0.1) is 0 Å². The van der Waals surface area contributed by atoms with E-state index in [0.29, 0.717) is 6.42 Å². The fourth-order valence-electron chi connectivity index (χ4n) is 4.46. The van der Waals surface area contributed by atoms with Gasteiger partial charge in [0.15, 0.2) is 0 Å². The molecule has 0 radical (unpaired) electrons. The van der Waals surface area contributed by atoms with Crippen LogP contribution < -0.4 is 10.1 Å². The highest BCUT2D eigenvalue weighted by Gasteiger charge is 2.14. The number of imidazole rings is 2. The third-order valence-corrected chi connectivity index (χ3v) is 6.16. The molecule has 0 unspecified atom stereocenters. The second-order valence-electron chi connectivity index (χ2n) is 8.81. The lowest BCUT2D eigenvalue weighted by atomic mass is 9.97. The summed E-state index contributed by atoms with van der Waals surface area (Å²) < 4.78 is 5.21. The second kappa shape index (κ2) is 9.58. The van der Waals surface area contributed by atoms with Gasteiger partial charge in [0.25, 0.3) is 0 Å². The molecule has 5 rings (SSSR count). The minimum Gasteiger partial charge on any atom is -0.497 e. The smallest absolute Gasteiger partial charge is 0.303 e. The van der Waals surface area contributed by atoms with Crippen LogP contribution in [-0.2, 0) is 11.2 Å². The molecule has 2 aromatic heterocycles. The van der Waals surface area contributed by atoms with Crippen molar-refractivity contribution in [3.63, 3.8) is 0 Å². The van der Waals surface area contributed by atoms with Crippen LogP contribution in [0, 0.1) is 13.8 Å². The molecule has 0 amide bonds. The van der Waals surface area contributed by atoms with Gasteiger partial charge in [-0.1, -0.05) is 12.1 Å². The Kier molecular flexibility index (Phi) is 6.16. The van der Waals surface area contributed by atoms with E-state index in [4.69, 9.17) is 14.8 Å². The van der Waals surface area contributed by atoms with E-state index < -0.39 is 5.97 Å². The van der Waals surface area contributed by atoms with Gasteiger partial charge in [0.1, 0.15) is 23.2 Å². The summed E-state index contributed by atoms with van der Waals surface area (Å²) in [6, 6.07) is 17.8. The Balaban J connectivity index is 1.39. The minimum atomic E-state index is -0.789. The number of aryl methyl sites for hydroxylation is 3. The van der Waals surface area contributed by atoms with Crippen LogP contribution in [0.1, 0.15) is 23.1 Å². The number of carboxylic acids is 1. The van der Waals surface area contributed by atoms with E-state index in [0.717, 1.165) is 67.8 Å². The van der Waals surface area contributed by atoms with Gasteiger partial charge in [-0.05, 0) is 79.4 Å². The number of H-pyrrole nitrogens is 2. The Labute approximate surface area is 208 Å². The predicted molar refractivity (Wildman–Crippen MR) is 141 cm³/mol. The number of aromatic amines is 2. The van der Waals surface area contributed by atoms with Crippen LogP contribution in [0.4, 0.5) is 11.5 Å². The van der Waals surface area contributed by atoms with Crippen molar-refractivity contribution in [2.24, 2.45) is 0 Å². The van der Waals surface area contributed by atoms with Gasteiger partial charge in [0, 0.05) is 23.2 Å². The van der Waals surface area contributed by atoms with Crippen molar-refractivity contribution < 1.29 is 14.6 Å². The van der Waals surface area contributed by atoms with Crippen LogP contribution in [0.25, 0.3) is 33.8 Å². The largest absolute Gasteiger partial charge is 0.497 e. The standard InChI is InChI=1S/C28H27N5O3/c1-16-12-18(4-11-25(34)35)13-17(2)26(16)28-31-22-10-5-19(14-23(22)32-28)27-29-15-24(33-27)30-20-6-8-21(36-3)9-7-20/h5-10,12-15,30H,4,11H2,1-3H3,(H,29,33)(H,31,32)(H,34,35). The zero-order chi connectivity index (χ0) is 25.2. The van der Waals surface area contributed by atoms with Gasteiger partial charge in [-0.25, -0.2) is 9.97 Å². The highest BCUT2D eigenvalue weighted by Crippen LogP contribution is 2.30. The zero-order valence-electron chi connectivity index (χ0n) is 20.3. The quantitative estimate of drug-likeness (QED) is 0.216. The van der Waals surface area contributed by atoms with Crippen molar-refractivity contribution in [3.8, 4) is 28.5 Å². The highest BCUT2D eigenvalue weighted by atomic mass is 16.5. The van der Waals surface area contributed by atoms with E-state index >= 15 is 0 Å². The van der Waals surface area contributed by atoms with Gasteiger partial charge in [-0.3, -0.25) is 4.79 Å². The molecular formula is C28H27N5O3. The average molecular weight is 482 g/mol. The highest BCUT2D eigenvalue weighted by molar-refractivity contribution is 5.84. The van der Waals surface area contributed by atoms with E-state index in [-0.39, 0.29) is 6.42 Å². The van der Waals surface area contributed by atoms with E-state index in [2.05, 4.69) is 20.3 Å². The molecule has 0 fully saturated rings. The Hall–Kier alpha value is -4.59. The van der Waals surface area contributed by atoms with Crippen LogP contribution in [0.5, 0.6) is 5.75 Å². The molecule has 4 N–H and O–H groups in total. The number of hydrogen-bond acceptors (Lipinski definition) is 5. The summed E-state index contributed by atoms with van der Waals surface area (Å²) in [6.07, 6.45) is 2.40. The predicted octanol–water partition coefficient (Wildman–Crippen LogP) is 6.01. The van der Waals surface area contributed by atoms with Crippen molar-refractivity contribution in [2.45, 2.75) is 26.7 Å². The third-order valence-electron chi connectivity index (χ3n) is 6.16. The minimum absolute atomic E-state index is 0.121. The van der Waals surface area contributed by atoms with Crippen molar-refractivity contribution in [1.29, 1.82) is 0 Å². The SMILES string of the molecule is COc1ccc(Nc2cnc(-c3ccc4nc(-c5c(C)cc(CCC(=O)O)cc5C)[nH]c4c3)[nH]2)cc1. The number of aromatic nitrogens is 4. The van der Waals surface area contributed by atoms with Crippen LogP contribution in [0.2, 0.25) is 0 Å². The molecule has 0 aliphatic heterocycles. The third kappa shape index (κ3) is 4.79. The van der Waals surface area contributed by atoms with Gasteiger partial charge >= 0.3 is 5.97 Å². The summed E-state index contributed by atoms with van der Waals surface area (Å²) >= 11 is 0. The monoisotopic (exact) mass is 481 g/mol. The van der Waals surface area contributed by atoms with Gasteiger partial charge in [0.05, 0.1) is 24.3 Å². The van der Waals surface area contributed by atoms with Crippen molar-refractivity contribution in [3.05, 3.63) is 77.5 Å². The molecule has 0 bridgehead atoms. The number of anilines is 2. The van der Waals surface area contributed by atoms with Gasteiger partial charge in [-0.2, -0.15) is 0 Å². The lowest BCUT2D eigenvalue weighted by molar-refractivity contribution is -0.136. The average Bonchev–Trinajstić information content (AvgIpc) is 3.49. The lowest BCUT2D eigenvalue weighted by Gasteiger charge is -2.10. The van der Waals surface area contributed by atoms with E-state index in [9.17, 15) is 4.79 Å². The van der Waals surface area contributed by atoms with Gasteiger partial charge < -0.3 is 25.1 Å². The van der Waals surface area contributed by atoms with Crippen LogP contribution in [0.3, 0.4) is 0 Å². The van der Waals surface area contributed by atoms with Crippen LogP contribution in [-0.4, -0.2) is 38.1 Å². The van der Waals surface area contributed by atoms with E-state index in [1.807, 2.05) is 68.4 Å². The number of benzene rings is 3. The molecule has 36 heavy (non-hydrogen) atoms. The molecule has 2 heterocycles. The summed E-state index contributed by atoms with van der Waals surface area (Å²) in [4.78, 5) is 27.1. The first-order valence-corrected chi connectivity index (χ1v) is 11.7. The number of nitrogens with zero attached hydrogens (tertiary/aromatic N) is 2. The van der Waals surface area contributed by atoms with E-state index in [1.54, 1.807) is 13.3 Å². The topological polar surface area (TPSA) is 116 Å². The summed E-state index contributed by atoms with van der Waals surface area (Å²) in [5.74, 6) is 2.34. The van der Waals surface area contributed by atoms with E-state index in [1.165, 1.54) is 0 Å². The molecule has 8 nitrogen and oxygen atoms in total. The molecule has 0 saturated heterocycles. The summed E-state index contributed by atoms with van der Waals surface area (Å²) in [7, 11) is 1.64. The van der Waals surface area contributed by atoms with Crippen molar-refractivity contribution >= 4 is 28.5 Å². The molecule has 182 valence electrons. The molecule has 0 aliphatic carbocycles. The number of methoxy groups -OCH3 is 1. The fraction of sp³-hybridized carbons (Fsp3) is 0.179. The Morgan fingerprint density at radius 1 is 1.00 bits per heavy atom. The normalized spacial score (nSPS) is 11.1. The molecule has 0 spiro atoms. The van der Waals surface area contributed by atoms with Gasteiger partial charge in [0.2, 0.25) is 0 Å². The molecule has 3 aromatic carbocycles. The number of hydrogen-bond donors (Lipinski definition) is 4. The fourth-order valence-corrected chi connectivity index (χ4v) is 4.46. The Morgan fingerprint density at radius 3 is 2.44 bits per heavy atom. The molecule has 0 saturated carbocycles. The number of carbonyl (C=O) groups is 1. The first kappa shape index (κ1) is 23.2. The maximum absolute atomic E-state index is 10.9. The van der Waals surface area contributed by atoms with Crippen LogP contribution >= 0.6 is 0 Å². The molecule has 8 heteroatoms.